The van der Waals surface area contributed by atoms with Crippen LogP contribution >= 0.6 is 0 Å². The Hall–Kier alpha value is -2.28. The molecule has 0 aliphatic carbocycles. The lowest BCUT2D eigenvalue weighted by atomic mass is 10.2. The van der Waals surface area contributed by atoms with Crippen LogP contribution in [0.4, 0.5) is 5.69 Å². The van der Waals surface area contributed by atoms with Gasteiger partial charge in [-0.2, -0.15) is 4.98 Å². The third-order valence-corrected chi connectivity index (χ3v) is 2.45. The first-order valence-corrected chi connectivity index (χ1v) is 5.38. The maximum atomic E-state index is 10.5. The fourth-order valence-corrected chi connectivity index (χ4v) is 1.40. The van der Waals surface area contributed by atoms with Gasteiger partial charge in [0.15, 0.2) is 0 Å². The summed E-state index contributed by atoms with van der Waals surface area (Å²) in [5, 5.41) is 23.7. The molecule has 0 amide bonds. The summed E-state index contributed by atoms with van der Waals surface area (Å²) in [5.41, 5.74) is 0.565. The van der Waals surface area contributed by atoms with Crippen molar-refractivity contribution in [2.45, 2.75) is 19.4 Å². The molecule has 94 valence electrons. The zero-order chi connectivity index (χ0) is 13.1. The number of nitro groups is 1. The van der Waals surface area contributed by atoms with E-state index in [1.165, 1.54) is 24.3 Å². The van der Waals surface area contributed by atoms with Gasteiger partial charge in [-0.1, -0.05) is 12.1 Å². The third kappa shape index (κ3) is 2.35. The first-order valence-electron chi connectivity index (χ1n) is 5.38. The molecule has 0 aliphatic rings. The van der Waals surface area contributed by atoms with Crippen molar-refractivity contribution in [2.75, 3.05) is 0 Å². The number of benzene rings is 1. The summed E-state index contributed by atoms with van der Waals surface area (Å²) in [6.45, 7) is 1.80. The molecule has 0 saturated carbocycles. The van der Waals surface area contributed by atoms with Gasteiger partial charge in [0.25, 0.3) is 11.6 Å². The van der Waals surface area contributed by atoms with Gasteiger partial charge < -0.3 is 9.63 Å². The Kier molecular flexibility index (Phi) is 3.33. The van der Waals surface area contributed by atoms with Crippen LogP contribution in [0.5, 0.6) is 0 Å². The van der Waals surface area contributed by atoms with E-state index in [1.54, 1.807) is 6.92 Å². The molecular formula is C11H11N3O4. The van der Waals surface area contributed by atoms with E-state index in [9.17, 15) is 15.2 Å². The quantitative estimate of drug-likeness (QED) is 0.657. The summed E-state index contributed by atoms with van der Waals surface area (Å²) in [5.74, 6) is 0.443. The molecule has 1 heterocycles. The van der Waals surface area contributed by atoms with Gasteiger partial charge in [0.05, 0.1) is 4.92 Å². The lowest BCUT2D eigenvalue weighted by Gasteiger charge is -1.98. The van der Waals surface area contributed by atoms with Crippen LogP contribution in [0.25, 0.3) is 11.5 Å². The Labute approximate surface area is 102 Å². The molecule has 2 rings (SSSR count). The molecule has 18 heavy (non-hydrogen) atoms. The highest BCUT2D eigenvalue weighted by Gasteiger charge is 2.15. The smallest absolute Gasteiger partial charge is 0.269 e. The number of hydrogen-bond donors (Lipinski definition) is 1. The van der Waals surface area contributed by atoms with Crippen molar-refractivity contribution < 1.29 is 14.6 Å². The molecule has 1 aromatic heterocycles. The Morgan fingerprint density at radius 2 is 2.11 bits per heavy atom. The topological polar surface area (TPSA) is 102 Å². The monoisotopic (exact) mass is 249 g/mol. The average molecular weight is 249 g/mol. The summed E-state index contributed by atoms with van der Waals surface area (Å²) in [7, 11) is 0. The second-order valence-corrected chi connectivity index (χ2v) is 3.69. The van der Waals surface area contributed by atoms with E-state index in [4.69, 9.17) is 4.52 Å². The maximum Gasteiger partial charge on any atom is 0.269 e. The minimum atomic E-state index is -0.763. The highest BCUT2D eigenvalue weighted by molar-refractivity contribution is 5.55. The van der Waals surface area contributed by atoms with E-state index in [0.29, 0.717) is 12.0 Å². The fourth-order valence-electron chi connectivity index (χ4n) is 1.40. The number of non-ortho nitro benzene ring substituents is 1. The van der Waals surface area contributed by atoms with Gasteiger partial charge in [0.1, 0.15) is 6.10 Å². The Bertz CT molecular complexity index is 550. The summed E-state index contributed by atoms with van der Waals surface area (Å²) in [6, 6.07) is 5.76. The molecule has 2 aromatic rings. The third-order valence-electron chi connectivity index (χ3n) is 2.45. The average Bonchev–Trinajstić information content (AvgIpc) is 2.87. The molecule has 0 bridgehead atoms. The van der Waals surface area contributed by atoms with Crippen molar-refractivity contribution in [3.8, 4) is 11.5 Å². The SMILES string of the molecule is CCC(O)c1noc(-c2ccc([N+](=O)[O-])cc2)n1. The first-order chi connectivity index (χ1) is 8.61. The maximum absolute atomic E-state index is 10.5. The zero-order valence-electron chi connectivity index (χ0n) is 9.61. The molecule has 1 unspecified atom stereocenters. The van der Waals surface area contributed by atoms with Crippen LogP contribution in [-0.4, -0.2) is 20.2 Å². The lowest BCUT2D eigenvalue weighted by Crippen LogP contribution is -1.97. The van der Waals surface area contributed by atoms with Gasteiger partial charge in [-0.25, -0.2) is 0 Å². The number of nitro benzene ring substituents is 1. The van der Waals surface area contributed by atoms with E-state index < -0.39 is 11.0 Å². The number of rotatable bonds is 4. The van der Waals surface area contributed by atoms with Crippen LogP contribution in [0.2, 0.25) is 0 Å². The predicted molar refractivity (Wildman–Crippen MR) is 61.6 cm³/mol. The summed E-state index contributed by atoms with van der Waals surface area (Å²) in [4.78, 5) is 14.0. The Morgan fingerprint density at radius 1 is 1.44 bits per heavy atom. The van der Waals surface area contributed by atoms with E-state index in [1.807, 2.05) is 0 Å². The number of nitrogens with zero attached hydrogens (tertiary/aromatic N) is 3. The highest BCUT2D eigenvalue weighted by Crippen LogP contribution is 2.22. The number of hydrogen-bond acceptors (Lipinski definition) is 6. The summed E-state index contributed by atoms with van der Waals surface area (Å²) in [6.07, 6.45) is -0.278. The zero-order valence-corrected chi connectivity index (χ0v) is 9.61. The van der Waals surface area contributed by atoms with Crippen LogP contribution in [0.1, 0.15) is 25.3 Å². The second kappa shape index (κ2) is 4.92. The lowest BCUT2D eigenvalue weighted by molar-refractivity contribution is -0.384. The minimum Gasteiger partial charge on any atom is -0.385 e. The van der Waals surface area contributed by atoms with Gasteiger partial charge in [-0.3, -0.25) is 10.1 Å². The van der Waals surface area contributed by atoms with Crippen molar-refractivity contribution in [3.63, 3.8) is 0 Å². The largest absolute Gasteiger partial charge is 0.385 e. The highest BCUT2D eigenvalue weighted by atomic mass is 16.6. The van der Waals surface area contributed by atoms with Gasteiger partial charge >= 0.3 is 0 Å². The number of aromatic nitrogens is 2. The summed E-state index contributed by atoms with van der Waals surface area (Å²) < 4.78 is 4.98. The number of aliphatic hydroxyl groups is 1. The molecule has 1 N–H and O–H groups in total. The minimum absolute atomic E-state index is 0.00733. The van der Waals surface area contributed by atoms with Crippen LogP contribution < -0.4 is 0 Å². The normalized spacial score (nSPS) is 12.3. The molecule has 1 aromatic carbocycles. The summed E-state index contributed by atoms with van der Waals surface area (Å²) >= 11 is 0. The molecule has 0 fully saturated rings. The molecule has 0 radical (unpaired) electrons. The molecule has 0 aliphatic heterocycles. The number of aliphatic hydroxyl groups excluding tert-OH is 1. The molecular weight excluding hydrogens is 238 g/mol. The molecule has 0 spiro atoms. The van der Waals surface area contributed by atoms with Gasteiger partial charge in [-0.05, 0) is 18.6 Å². The van der Waals surface area contributed by atoms with Gasteiger partial charge in [-0.15, -0.1) is 0 Å². The fraction of sp³-hybridized carbons (Fsp3) is 0.273. The van der Waals surface area contributed by atoms with Gasteiger partial charge in [0.2, 0.25) is 5.82 Å². The molecule has 7 heteroatoms. The Balaban J connectivity index is 2.26. The Morgan fingerprint density at radius 3 is 2.67 bits per heavy atom. The predicted octanol–water partition coefficient (Wildman–Crippen LogP) is 2.09. The van der Waals surface area contributed by atoms with Crippen molar-refractivity contribution in [3.05, 3.63) is 40.2 Å². The first kappa shape index (κ1) is 12.2. The van der Waals surface area contributed by atoms with E-state index >= 15 is 0 Å². The van der Waals surface area contributed by atoms with Crippen molar-refractivity contribution >= 4 is 5.69 Å². The van der Waals surface area contributed by atoms with Crippen LogP contribution in [0.15, 0.2) is 28.8 Å². The van der Waals surface area contributed by atoms with E-state index in [0.717, 1.165) is 0 Å². The van der Waals surface area contributed by atoms with Crippen LogP contribution in [-0.2, 0) is 0 Å². The van der Waals surface area contributed by atoms with Crippen molar-refractivity contribution in [1.82, 2.24) is 10.1 Å². The standard InChI is InChI=1S/C11H11N3O4/c1-2-9(15)10-12-11(18-13-10)7-3-5-8(6-4-7)14(16)17/h3-6,9,15H,2H2,1H3. The molecule has 7 nitrogen and oxygen atoms in total. The molecule has 0 saturated heterocycles. The van der Waals surface area contributed by atoms with Crippen LogP contribution in [0.3, 0.4) is 0 Å². The van der Waals surface area contributed by atoms with Crippen LogP contribution in [0, 0.1) is 10.1 Å². The van der Waals surface area contributed by atoms with Gasteiger partial charge in [0, 0.05) is 17.7 Å². The van der Waals surface area contributed by atoms with Crippen molar-refractivity contribution in [1.29, 1.82) is 0 Å². The van der Waals surface area contributed by atoms with E-state index in [2.05, 4.69) is 10.1 Å². The van der Waals surface area contributed by atoms with Crippen molar-refractivity contribution in [2.24, 2.45) is 0 Å². The van der Waals surface area contributed by atoms with E-state index in [-0.39, 0.29) is 17.4 Å². The molecule has 1 atom stereocenters. The second-order valence-electron chi connectivity index (χ2n) is 3.69.